The second-order valence-electron chi connectivity index (χ2n) is 12.1. The maximum Gasteiger partial charge on any atom is 0.322 e. The van der Waals surface area contributed by atoms with Gasteiger partial charge in [-0.25, -0.2) is 4.90 Å². The van der Waals surface area contributed by atoms with Crippen molar-refractivity contribution >= 4 is 65.3 Å². The van der Waals surface area contributed by atoms with Crippen molar-refractivity contribution in [3.8, 4) is 0 Å². The van der Waals surface area contributed by atoms with Crippen molar-refractivity contribution in [1.29, 1.82) is 0 Å². The molecular weight excluding hydrogens is 634 g/mol. The van der Waals surface area contributed by atoms with Gasteiger partial charge in [-0.05, 0) is 57.2 Å². The Balaban J connectivity index is 1.38. The maximum atomic E-state index is 13.7. The first kappa shape index (κ1) is 33.5. The van der Waals surface area contributed by atoms with Crippen LogP contribution < -0.4 is 15.3 Å². The van der Waals surface area contributed by atoms with Gasteiger partial charge < -0.3 is 14.3 Å². The van der Waals surface area contributed by atoms with E-state index in [1.807, 2.05) is 48.5 Å². The van der Waals surface area contributed by atoms with Gasteiger partial charge >= 0.3 is 17.8 Å². The minimum Gasteiger partial charge on any atom is -0.481 e. The number of carboxylic acid groups (broad SMARTS) is 1. The van der Waals surface area contributed by atoms with Crippen molar-refractivity contribution in [2.24, 2.45) is 0 Å². The number of carboxylic acids is 1. The van der Waals surface area contributed by atoms with Gasteiger partial charge in [-0.1, -0.05) is 117 Å². The van der Waals surface area contributed by atoms with Crippen LogP contribution in [0.5, 0.6) is 0 Å². The summed E-state index contributed by atoms with van der Waals surface area (Å²) in [7, 11) is -2.72. The van der Waals surface area contributed by atoms with Crippen LogP contribution in [0.3, 0.4) is 0 Å². The quantitative estimate of drug-likeness (QED) is 0.0937. The zero-order valence-corrected chi connectivity index (χ0v) is 28.0. The monoisotopic (exact) mass is 667 g/mol. The number of hydrogen-bond donors (Lipinski definition) is 1. The Morgan fingerprint density at radius 3 is 1.94 bits per heavy atom. The Hall–Kier alpha value is -4.83. The average molecular weight is 668 g/mol. The third-order valence-corrected chi connectivity index (χ3v) is 13.3. The summed E-state index contributed by atoms with van der Waals surface area (Å²) in [5.74, 6) is -4.76. The first-order valence-electron chi connectivity index (χ1n) is 15.1. The molecule has 0 saturated heterocycles. The van der Waals surface area contributed by atoms with Crippen LogP contribution in [0, 0.1) is 0 Å². The molecule has 1 aliphatic heterocycles. The fourth-order valence-corrected chi connectivity index (χ4v) is 10.7. The minimum atomic E-state index is -2.72. The molecule has 1 heterocycles. The Kier molecular flexibility index (Phi) is 9.90. The molecule has 0 radical (unpaired) electrons. The molecule has 2 amide bonds. The number of nitrogens with zero attached hydrogens (tertiary/aromatic N) is 1. The molecule has 4 aromatic rings. The first-order chi connectivity index (χ1) is 22.4. The molecule has 0 unspecified atom stereocenters. The smallest absolute Gasteiger partial charge is 0.322 e. The Morgan fingerprint density at radius 1 is 0.809 bits per heavy atom. The molecular formula is C37H34ClNO7Si. The summed E-state index contributed by atoms with van der Waals surface area (Å²) in [5.41, 5.74) is 1.27. The number of carbonyl (C=O) groups excluding carboxylic acids is 3. The third kappa shape index (κ3) is 6.97. The van der Waals surface area contributed by atoms with E-state index in [-0.39, 0.29) is 21.9 Å². The van der Waals surface area contributed by atoms with Gasteiger partial charge in [0.1, 0.15) is 6.42 Å². The van der Waals surface area contributed by atoms with Gasteiger partial charge in [0.05, 0.1) is 11.3 Å². The van der Waals surface area contributed by atoms with E-state index in [2.05, 4.69) is 45.0 Å². The van der Waals surface area contributed by atoms with E-state index in [1.165, 1.54) is 16.4 Å². The minimum absolute atomic E-state index is 0.171. The lowest BCUT2D eigenvalue weighted by Gasteiger charge is -2.43. The summed E-state index contributed by atoms with van der Waals surface area (Å²) < 4.78 is 12.2. The van der Waals surface area contributed by atoms with Crippen molar-refractivity contribution in [2.45, 2.75) is 38.7 Å². The van der Waals surface area contributed by atoms with E-state index >= 15 is 0 Å². The summed E-state index contributed by atoms with van der Waals surface area (Å²) in [6.45, 7) is 7.10. The summed E-state index contributed by atoms with van der Waals surface area (Å²) in [6.07, 6.45) is -0.394. The van der Waals surface area contributed by atoms with Gasteiger partial charge in [0.15, 0.2) is 0 Å². The largest absolute Gasteiger partial charge is 0.481 e. The molecule has 1 N–H and O–H groups in total. The van der Waals surface area contributed by atoms with E-state index in [1.54, 1.807) is 30.3 Å². The van der Waals surface area contributed by atoms with E-state index in [4.69, 9.17) is 25.9 Å². The molecule has 0 fully saturated rings. The Morgan fingerprint density at radius 2 is 1.40 bits per heavy atom. The molecule has 240 valence electrons. The topological polar surface area (TPSA) is 110 Å². The van der Waals surface area contributed by atoms with Crippen LogP contribution in [0.2, 0.25) is 10.1 Å². The number of carbonyl (C=O) groups is 4. The number of imide groups is 1. The molecule has 0 atom stereocenters. The standard InChI is InChI=1S/C37H34ClNO7Si/c1-37(2,3)47(29-13-6-4-7-14-29,30-15-8-5-9-16-30)45-22-21-25-17-19-28(20-18-25)39-35(43)33(26-11-10-12-27(38)23-26)34(36(39)44)46-32(42)24-31(40)41/h4-20,23H,21-22,24H2,1-3H3,(H,40,41). The predicted octanol–water partition coefficient (Wildman–Crippen LogP) is 5.76. The van der Waals surface area contributed by atoms with E-state index in [9.17, 15) is 19.2 Å². The zero-order valence-electron chi connectivity index (χ0n) is 26.2. The van der Waals surface area contributed by atoms with E-state index in [0.29, 0.717) is 18.1 Å². The average Bonchev–Trinajstić information content (AvgIpc) is 3.27. The fourth-order valence-electron chi connectivity index (χ4n) is 5.91. The summed E-state index contributed by atoms with van der Waals surface area (Å²) >= 11 is 6.14. The highest BCUT2D eigenvalue weighted by molar-refractivity contribution is 6.99. The normalized spacial score (nSPS) is 13.7. The fraction of sp³-hybridized carbons (Fsp3) is 0.189. The van der Waals surface area contributed by atoms with Crippen molar-refractivity contribution < 1.29 is 33.4 Å². The number of esters is 1. The van der Waals surface area contributed by atoms with Crippen molar-refractivity contribution in [3.05, 3.63) is 131 Å². The van der Waals surface area contributed by atoms with Crippen LogP contribution in [-0.2, 0) is 34.8 Å². The highest BCUT2D eigenvalue weighted by Gasteiger charge is 2.50. The van der Waals surface area contributed by atoms with Gasteiger partial charge in [0.25, 0.3) is 14.2 Å². The number of rotatable bonds is 11. The van der Waals surface area contributed by atoms with Crippen LogP contribution >= 0.6 is 11.6 Å². The molecule has 1 aliphatic rings. The van der Waals surface area contributed by atoms with Gasteiger partial charge in [0.2, 0.25) is 5.76 Å². The highest BCUT2D eigenvalue weighted by Crippen LogP contribution is 2.37. The molecule has 0 spiro atoms. The Labute approximate surface area is 279 Å². The van der Waals surface area contributed by atoms with Crippen LogP contribution in [0.25, 0.3) is 5.57 Å². The number of anilines is 1. The molecule has 4 aromatic carbocycles. The molecule has 5 rings (SSSR count). The first-order valence-corrected chi connectivity index (χ1v) is 17.4. The van der Waals surface area contributed by atoms with Crippen LogP contribution in [0.1, 0.15) is 38.3 Å². The van der Waals surface area contributed by atoms with Crippen LogP contribution in [-0.4, -0.2) is 43.8 Å². The van der Waals surface area contributed by atoms with Crippen molar-refractivity contribution in [1.82, 2.24) is 0 Å². The summed E-state index contributed by atoms with van der Waals surface area (Å²) in [4.78, 5) is 51.4. The molecule has 8 nitrogen and oxygen atoms in total. The molecule has 47 heavy (non-hydrogen) atoms. The van der Waals surface area contributed by atoms with Gasteiger partial charge in [-0.3, -0.25) is 19.2 Å². The lowest BCUT2D eigenvalue weighted by Crippen LogP contribution is -2.66. The van der Waals surface area contributed by atoms with E-state index in [0.717, 1.165) is 10.5 Å². The SMILES string of the molecule is CC(C)(C)[Si](OCCc1ccc(N2C(=O)C(OC(=O)CC(=O)O)=C(c3cccc(Cl)c3)C2=O)cc1)(c1ccccc1)c1ccccc1. The lowest BCUT2D eigenvalue weighted by molar-refractivity contribution is -0.150. The number of halogens is 1. The van der Waals surface area contributed by atoms with Crippen LogP contribution in [0.4, 0.5) is 5.69 Å². The van der Waals surface area contributed by atoms with Gasteiger partial charge in [-0.15, -0.1) is 0 Å². The summed E-state index contributed by atoms with van der Waals surface area (Å²) in [5, 5.41) is 11.5. The number of benzene rings is 4. The second-order valence-corrected chi connectivity index (χ2v) is 16.9. The van der Waals surface area contributed by atoms with Crippen molar-refractivity contribution in [3.63, 3.8) is 0 Å². The van der Waals surface area contributed by atoms with E-state index < -0.39 is 44.3 Å². The molecule has 0 bridgehead atoms. The van der Waals surface area contributed by atoms with Gasteiger partial charge in [0, 0.05) is 11.6 Å². The molecule has 0 saturated carbocycles. The summed E-state index contributed by atoms with van der Waals surface area (Å²) in [6, 6.07) is 33.9. The number of aliphatic carboxylic acids is 1. The number of amides is 2. The molecule has 0 aliphatic carbocycles. The lowest BCUT2D eigenvalue weighted by atomic mass is 10.1. The third-order valence-electron chi connectivity index (χ3n) is 7.99. The Bertz CT molecular complexity index is 1790. The maximum absolute atomic E-state index is 13.7. The highest BCUT2D eigenvalue weighted by atomic mass is 35.5. The second kappa shape index (κ2) is 13.9. The van der Waals surface area contributed by atoms with Crippen molar-refractivity contribution in [2.75, 3.05) is 11.5 Å². The molecule has 0 aromatic heterocycles. The zero-order chi connectivity index (χ0) is 33.8. The van der Waals surface area contributed by atoms with Crippen LogP contribution in [0.15, 0.2) is 115 Å². The molecule has 10 heteroatoms. The predicted molar refractivity (Wildman–Crippen MR) is 183 cm³/mol. The number of ether oxygens (including phenoxy) is 1. The number of hydrogen-bond acceptors (Lipinski definition) is 6. The van der Waals surface area contributed by atoms with Gasteiger partial charge in [-0.2, -0.15) is 0 Å².